The fourth-order valence-electron chi connectivity index (χ4n) is 2.60. The summed E-state index contributed by atoms with van der Waals surface area (Å²) >= 11 is 1.15. The summed E-state index contributed by atoms with van der Waals surface area (Å²) in [7, 11) is 0. The molecule has 1 aromatic carbocycles. The van der Waals surface area contributed by atoms with Gasteiger partial charge in [-0.1, -0.05) is 23.9 Å². The first-order valence-electron chi connectivity index (χ1n) is 8.22. The predicted octanol–water partition coefficient (Wildman–Crippen LogP) is 1.71. The molecular formula is C18H18N4O4S. The molecule has 0 spiro atoms. The number of carbonyl (C=O) groups excluding carboxylic acids is 3. The normalized spacial score (nSPS) is 13.0. The Kier molecular flexibility index (Phi) is 5.70. The minimum atomic E-state index is -0.550. The zero-order valence-corrected chi connectivity index (χ0v) is 15.7. The number of esters is 1. The molecule has 0 fully saturated rings. The van der Waals surface area contributed by atoms with Crippen LogP contribution in [0.4, 0.5) is 11.4 Å². The Morgan fingerprint density at radius 3 is 2.67 bits per heavy atom. The highest BCUT2D eigenvalue weighted by molar-refractivity contribution is 7.99. The predicted molar refractivity (Wildman–Crippen MR) is 101 cm³/mol. The third kappa shape index (κ3) is 4.82. The van der Waals surface area contributed by atoms with E-state index in [2.05, 4.69) is 15.3 Å². The molecule has 2 heterocycles. The Hall–Kier alpha value is -2.94. The molecule has 0 unspecified atom stereocenters. The second-order valence-electron chi connectivity index (χ2n) is 5.93. The molecule has 0 saturated carbocycles. The number of nitrogens with one attached hydrogen (secondary N) is 1. The molecule has 1 N–H and O–H groups in total. The highest BCUT2D eigenvalue weighted by Gasteiger charge is 2.27. The summed E-state index contributed by atoms with van der Waals surface area (Å²) in [5.74, 6) is -1.31. The van der Waals surface area contributed by atoms with Gasteiger partial charge in [0.05, 0.1) is 17.1 Å². The molecule has 140 valence electrons. The van der Waals surface area contributed by atoms with E-state index in [0.29, 0.717) is 16.5 Å². The Bertz CT molecular complexity index is 882. The second kappa shape index (κ2) is 8.17. The van der Waals surface area contributed by atoms with Gasteiger partial charge >= 0.3 is 5.97 Å². The number of thioether (sulfide) groups is 1. The van der Waals surface area contributed by atoms with Gasteiger partial charge in [-0.25, -0.2) is 9.97 Å². The quantitative estimate of drug-likeness (QED) is 0.474. The van der Waals surface area contributed by atoms with Crippen LogP contribution in [0.2, 0.25) is 0 Å². The summed E-state index contributed by atoms with van der Waals surface area (Å²) in [5.41, 5.74) is 2.76. The van der Waals surface area contributed by atoms with Crippen LogP contribution in [-0.2, 0) is 19.1 Å². The molecule has 0 saturated heterocycles. The first-order valence-corrected chi connectivity index (χ1v) is 9.21. The summed E-state index contributed by atoms with van der Waals surface area (Å²) in [6.45, 7) is 3.15. The van der Waals surface area contributed by atoms with Crippen LogP contribution in [0.1, 0.15) is 11.4 Å². The van der Waals surface area contributed by atoms with Crippen molar-refractivity contribution in [3.8, 4) is 0 Å². The molecule has 27 heavy (non-hydrogen) atoms. The number of aromatic nitrogens is 2. The number of para-hydroxylation sites is 2. The van der Waals surface area contributed by atoms with Crippen LogP contribution in [-0.4, -0.2) is 46.7 Å². The van der Waals surface area contributed by atoms with Crippen molar-refractivity contribution in [2.45, 2.75) is 19.0 Å². The van der Waals surface area contributed by atoms with Crippen molar-refractivity contribution >= 4 is 40.9 Å². The molecule has 2 aromatic rings. The van der Waals surface area contributed by atoms with Crippen molar-refractivity contribution in [2.75, 3.05) is 29.1 Å². The van der Waals surface area contributed by atoms with E-state index in [-0.39, 0.29) is 18.2 Å². The third-order valence-electron chi connectivity index (χ3n) is 3.71. The molecule has 3 rings (SSSR count). The lowest BCUT2D eigenvalue weighted by Crippen LogP contribution is -2.44. The maximum absolute atomic E-state index is 12.4. The topological polar surface area (TPSA) is 101 Å². The van der Waals surface area contributed by atoms with Crippen molar-refractivity contribution in [3.05, 3.63) is 41.7 Å². The Labute approximate surface area is 160 Å². The van der Waals surface area contributed by atoms with E-state index < -0.39 is 18.5 Å². The number of benzene rings is 1. The van der Waals surface area contributed by atoms with E-state index in [1.54, 1.807) is 24.3 Å². The van der Waals surface area contributed by atoms with Crippen LogP contribution in [0.15, 0.2) is 35.5 Å². The Morgan fingerprint density at radius 1 is 1.22 bits per heavy atom. The van der Waals surface area contributed by atoms with Crippen LogP contribution < -0.4 is 10.2 Å². The smallest absolute Gasteiger partial charge is 0.316 e. The van der Waals surface area contributed by atoms with Gasteiger partial charge in [-0.2, -0.15) is 0 Å². The average molecular weight is 386 g/mol. The number of ether oxygens (including phenoxy) is 1. The molecule has 8 nitrogen and oxygen atoms in total. The highest BCUT2D eigenvalue weighted by atomic mass is 32.2. The van der Waals surface area contributed by atoms with Gasteiger partial charge in [0.25, 0.3) is 5.91 Å². The number of hydrogen-bond acceptors (Lipinski definition) is 7. The molecule has 2 amide bonds. The number of aryl methyl sites for hydroxylation is 2. The van der Waals surface area contributed by atoms with Gasteiger partial charge in [0.15, 0.2) is 11.8 Å². The van der Waals surface area contributed by atoms with Crippen LogP contribution in [0.3, 0.4) is 0 Å². The number of amides is 2. The zero-order valence-electron chi connectivity index (χ0n) is 14.9. The van der Waals surface area contributed by atoms with Gasteiger partial charge in [-0.3, -0.25) is 19.3 Å². The van der Waals surface area contributed by atoms with Gasteiger partial charge in [0.2, 0.25) is 5.91 Å². The lowest BCUT2D eigenvalue weighted by Gasteiger charge is -2.28. The van der Waals surface area contributed by atoms with Gasteiger partial charge in [0, 0.05) is 11.4 Å². The van der Waals surface area contributed by atoms with E-state index in [1.807, 2.05) is 19.9 Å². The Balaban J connectivity index is 1.54. The maximum Gasteiger partial charge on any atom is 0.316 e. The third-order valence-corrected chi connectivity index (χ3v) is 4.53. The molecule has 9 heteroatoms. The maximum atomic E-state index is 12.4. The second-order valence-corrected chi connectivity index (χ2v) is 6.87. The fraction of sp³-hybridized carbons (Fsp3) is 0.278. The molecule has 0 bridgehead atoms. The van der Waals surface area contributed by atoms with Gasteiger partial charge in [0.1, 0.15) is 6.54 Å². The van der Waals surface area contributed by atoms with Crippen molar-refractivity contribution in [2.24, 2.45) is 0 Å². The molecule has 1 aliphatic rings. The van der Waals surface area contributed by atoms with E-state index in [0.717, 1.165) is 23.1 Å². The highest BCUT2D eigenvalue weighted by Crippen LogP contribution is 2.28. The summed E-state index contributed by atoms with van der Waals surface area (Å²) in [6.07, 6.45) is 0. The van der Waals surface area contributed by atoms with Crippen molar-refractivity contribution in [3.63, 3.8) is 0 Å². The molecule has 1 aromatic heterocycles. The molecule has 0 atom stereocenters. The number of hydrogen-bond donors (Lipinski definition) is 1. The number of rotatable bonds is 5. The lowest BCUT2D eigenvalue weighted by atomic mass is 10.2. The van der Waals surface area contributed by atoms with Crippen LogP contribution in [0.5, 0.6) is 0 Å². The first-order chi connectivity index (χ1) is 12.9. The van der Waals surface area contributed by atoms with Crippen molar-refractivity contribution in [1.82, 2.24) is 9.97 Å². The van der Waals surface area contributed by atoms with Gasteiger partial charge in [-0.05, 0) is 32.0 Å². The average Bonchev–Trinajstić information content (AvgIpc) is 2.63. The number of nitrogens with zero attached hydrogens (tertiary/aromatic N) is 3. The number of anilines is 2. The van der Waals surface area contributed by atoms with Gasteiger partial charge < -0.3 is 10.1 Å². The molecular weight excluding hydrogens is 368 g/mol. The summed E-state index contributed by atoms with van der Waals surface area (Å²) in [5, 5.41) is 3.18. The minimum Gasteiger partial charge on any atom is -0.455 e. The fourth-order valence-corrected chi connectivity index (χ4v) is 3.35. The van der Waals surface area contributed by atoms with E-state index in [4.69, 9.17) is 4.74 Å². The molecule has 1 aliphatic heterocycles. The van der Waals surface area contributed by atoms with E-state index in [1.165, 1.54) is 4.90 Å². The summed E-state index contributed by atoms with van der Waals surface area (Å²) in [4.78, 5) is 45.9. The van der Waals surface area contributed by atoms with Crippen molar-refractivity contribution < 1.29 is 19.1 Å². The molecule has 0 aliphatic carbocycles. The zero-order chi connectivity index (χ0) is 19.4. The largest absolute Gasteiger partial charge is 0.455 e. The van der Waals surface area contributed by atoms with E-state index >= 15 is 0 Å². The number of carbonyl (C=O) groups is 3. The van der Waals surface area contributed by atoms with E-state index in [9.17, 15) is 14.4 Å². The monoisotopic (exact) mass is 386 g/mol. The lowest BCUT2D eigenvalue weighted by molar-refractivity contribution is -0.145. The van der Waals surface area contributed by atoms with Gasteiger partial charge in [-0.15, -0.1) is 0 Å². The summed E-state index contributed by atoms with van der Waals surface area (Å²) < 4.78 is 5.05. The Morgan fingerprint density at radius 2 is 1.93 bits per heavy atom. The van der Waals surface area contributed by atoms with Crippen LogP contribution >= 0.6 is 11.8 Å². The summed E-state index contributed by atoms with van der Waals surface area (Å²) in [6, 6.07) is 8.80. The molecule has 0 radical (unpaired) electrons. The SMILES string of the molecule is Cc1cc(C)nc(SCC(=O)OCC(=O)N2CC(=O)Nc3ccccc32)n1. The number of fused-ring (bicyclic) bond motifs is 1. The van der Waals surface area contributed by atoms with Crippen LogP contribution in [0.25, 0.3) is 0 Å². The first kappa shape index (κ1) is 18.8. The minimum absolute atomic E-state index is 0.00670. The van der Waals surface area contributed by atoms with Crippen molar-refractivity contribution in [1.29, 1.82) is 0 Å². The standard InChI is InChI=1S/C18H18N4O4S/c1-11-7-12(2)20-18(19-11)27-10-17(25)26-9-16(24)22-8-15(23)21-13-5-3-4-6-14(13)22/h3-7H,8-10H2,1-2H3,(H,21,23). The van der Waals surface area contributed by atoms with Crippen LogP contribution in [0, 0.1) is 13.8 Å².